The van der Waals surface area contributed by atoms with E-state index < -0.39 is 5.60 Å². The van der Waals surface area contributed by atoms with Crippen LogP contribution in [0.2, 0.25) is 0 Å². The number of aliphatic hydroxyl groups excluding tert-OH is 1. The van der Waals surface area contributed by atoms with Crippen LogP contribution in [0.15, 0.2) is 0 Å². The molecular weight excluding hydrogens is 208 g/mol. The normalized spacial score (nSPS) is 23.3. The smallest absolute Gasteiger partial charge is 0.410 e. The van der Waals surface area contributed by atoms with Crippen molar-refractivity contribution in [3.8, 4) is 0 Å². The topological polar surface area (TPSA) is 75.8 Å². The van der Waals surface area contributed by atoms with Crippen LogP contribution in [-0.2, 0) is 4.74 Å². The number of hydrogen-bond acceptors (Lipinski definition) is 4. The number of ether oxygens (including phenoxy) is 1. The molecule has 0 saturated carbocycles. The van der Waals surface area contributed by atoms with Crippen molar-refractivity contribution in [1.82, 2.24) is 4.90 Å². The van der Waals surface area contributed by atoms with Gasteiger partial charge in [-0.3, -0.25) is 0 Å². The number of likely N-dealkylation sites (tertiary alicyclic amines) is 1. The quantitative estimate of drug-likeness (QED) is 0.732. The van der Waals surface area contributed by atoms with Gasteiger partial charge in [-0.05, 0) is 33.6 Å². The largest absolute Gasteiger partial charge is 0.444 e. The minimum Gasteiger partial charge on any atom is -0.444 e. The van der Waals surface area contributed by atoms with E-state index in [-0.39, 0.29) is 24.8 Å². The molecule has 0 spiro atoms. The molecular formula is C11H22N2O3. The molecule has 5 nitrogen and oxygen atoms in total. The molecule has 0 aromatic heterocycles. The minimum absolute atomic E-state index is 0.0974. The monoisotopic (exact) mass is 230 g/mol. The lowest BCUT2D eigenvalue weighted by Gasteiger charge is -2.30. The van der Waals surface area contributed by atoms with Gasteiger partial charge in [0.1, 0.15) is 5.60 Å². The molecule has 1 amide bonds. The number of carbonyl (C=O) groups is 1. The minimum atomic E-state index is -0.493. The molecule has 1 fully saturated rings. The lowest BCUT2D eigenvalue weighted by Crippen LogP contribution is -2.49. The van der Waals surface area contributed by atoms with Crippen molar-refractivity contribution < 1.29 is 14.6 Å². The second-order valence-electron chi connectivity index (χ2n) is 5.23. The highest BCUT2D eigenvalue weighted by Gasteiger charge is 2.35. The van der Waals surface area contributed by atoms with Crippen LogP contribution in [0.3, 0.4) is 0 Å². The molecule has 0 aromatic rings. The summed E-state index contributed by atoms with van der Waals surface area (Å²) < 4.78 is 5.30. The maximum Gasteiger partial charge on any atom is 0.410 e. The van der Waals surface area contributed by atoms with Crippen LogP contribution in [0.1, 0.15) is 33.6 Å². The standard InChI is InChI=1S/C11H22N2O3/c1-11(2,3)16-10(15)13-6-4-5-9(13)8(12)7-14/h8-9,14H,4-7,12H2,1-3H3/t8-,9-/m0/s1. The van der Waals surface area contributed by atoms with Gasteiger partial charge in [0.15, 0.2) is 0 Å². The maximum absolute atomic E-state index is 11.9. The Morgan fingerprint density at radius 1 is 1.62 bits per heavy atom. The Morgan fingerprint density at radius 3 is 2.75 bits per heavy atom. The van der Waals surface area contributed by atoms with Crippen LogP contribution >= 0.6 is 0 Å². The first-order valence-corrected chi connectivity index (χ1v) is 5.71. The molecule has 5 heteroatoms. The summed E-state index contributed by atoms with van der Waals surface area (Å²) in [7, 11) is 0. The van der Waals surface area contributed by atoms with Crippen LogP contribution in [0, 0.1) is 0 Å². The molecule has 0 radical (unpaired) electrons. The average molecular weight is 230 g/mol. The van der Waals surface area contributed by atoms with Crippen LogP contribution in [-0.4, -0.2) is 46.9 Å². The molecule has 1 saturated heterocycles. The van der Waals surface area contributed by atoms with Gasteiger partial charge in [-0.2, -0.15) is 0 Å². The lowest BCUT2D eigenvalue weighted by atomic mass is 10.1. The van der Waals surface area contributed by atoms with Gasteiger partial charge >= 0.3 is 6.09 Å². The van der Waals surface area contributed by atoms with E-state index in [0.717, 1.165) is 12.8 Å². The number of aliphatic hydroxyl groups is 1. The maximum atomic E-state index is 11.9. The predicted molar refractivity (Wildman–Crippen MR) is 61.0 cm³/mol. The third-order valence-electron chi connectivity index (χ3n) is 2.63. The summed E-state index contributed by atoms with van der Waals surface area (Å²) >= 11 is 0. The Morgan fingerprint density at radius 2 is 2.25 bits per heavy atom. The zero-order valence-electron chi connectivity index (χ0n) is 10.3. The summed E-state index contributed by atoms with van der Waals surface area (Å²) in [6, 6.07) is -0.477. The van der Waals surface area contributed by atoms with Crippen molar-refractivity contribution >= 4 is 6.09 Å². The third-order valence-corrected chi connectivity index (χ3v) is 2.63. The van der Waals surface area contributed by atoms with Crippen molar-refractivity contribution in [1.29, 1.82) is 0 Å². The van der Waals surface area contributed by atoms with E-state index in [4.69, 9.17) is 15.6 Å². The number of nitrogens with zero attached hydrogens (tertiary/aromatic N) is 1. The Hall–Kier alpha value is -0.810. The van der Waals surface area contributed by atoms with Crippen molar-refractivity contribution in [3.63, 3.8) is 0 Å². The highest BCUT2D eigenvalue weighted by molar-refractivity contribution is 5.69. The molecule has 94 valence electrons. The fourth-order valence-electron chi connectivity index (χ4n) is 1.91. The number of hydrogen-bond donors (Lipinski definition) is 2. The van der Waals surface area contributed by atoms with E-state index >= 15 is 0 Å². The summed E-state index contributed by atoms with van der Waals surface area (Å²) in [4.78, 5) is 13.5. The van der Waals surface area contributed by atoms with E-state index in [1.54, 1.807) is 4.90 Å². The van der Waals surface area contributed by atoms with Crippen LogP contribution < -0.4 is 5.73 Å². The first kappa shape index (κ1) is 13.3. The van der Waals surface area contributed by atoms with E-state index in [1.807, 2.05) is 20.8 Å². The molecule has 0 aliphatic carbocycles. The van der Waals surface area contributed by atoms with E-state index in [1.165, 1.54) is 0 Å². The van der Waals surface area contributed by atoms with Gasteiger partial charge in [0.25, 0.3) is 0 Å². The fraction of sp³-hybridized carbons (Fsp3) is 0.909. The number of amides is 1. The van der Waals surface area contributed by atoms with Gasteiger partial charge in [0, 0.05) is 12.6 Å². The van der Waals surface area contributed by atoms with Crippen LogP contribution in [0.5, 0.6) is 0 Å². The summed E-state index contributed by atoms with van der Waals surface area (Å²) in [5.74, 6) is 0. The fourth-order valence-corrected chi connectivity index (χ4v) is 1.91. The Labute approximate surface area is 96.6 Å². The first-order chi connectivity index (χ1) is 7.35. The molecule has 16 heavy (non-hydrogen) atoms. The van der Waals surface area contributed by atoms with Crippen molar-refractivity contribution in [2.24, 2.45) is 5.73 Å². The van der Waals surface area contributed by atoms with Crippen molar-refractivity contribution in [2.75, 3.05) is 13.2 Å². The van der Waals surface area contributed by atoms with E-state index in [9.17, 15) is 4.79 Å². The summed E-state index contributed by atoms with van der Waals surface area (Å²) in [5.41, 5.74) is 5.28. The van der Waals surface area contributed by atoms with Gasteiger partial charge in [-0.25, -0.2) is 4.79 Å². The van der Waals surface area contributed by atoms with Crippen LogP contribution in [0.25, 0.3) is 0 Å². The molecule has 1 rings (SSSR count). The molecule has 1 heterocycles. The zero-order chi connectivity index (χ0) is 12.3. The molecule has 0 bridgehead atoms. The SMILES string of the molecule is CC(C)(C)OC(=O)N1CCC[C@H]1[C@@H](N)CO. The highest BCUT2D eigenvalue weighted by atomic mass is 16.6. The summed E-state index contributed by atoms with van der Waals surface area (Å²) in [6.45, 7) is 6.06. The van der Waals surface area contributed by atoms with Gasteiger partial charge in [0.05, 0.1) is 12.6 Å². The van der Waals surface area contributed by atoms with Gasteiger partial charge < -0.3 is 20.5 Å². The predicted octanol–water partition coefficient (Wildman–Crippen LogP) is 0.706. The van der Waals surface area contributed by atoms with E-state index in [2.05, 4.69) is 0 Å². The first-order valence-electron chi connectivity index (χ1n) is 5.71. The molecule has 0 unspecified atom stereocenters. The van der Waals surface area contributed by atoms with Crippen molar-refractivity contribution in [2.45, 2.75) is 51.3 Å². The van der Waals surface area contributed by atoms with Gasteiger partial charge in [0.2, 0.25) is 0 Å². The van der Waals surface area contributed by atoms with Crippen molar-refractivity contribution in [3.05, 3.63) is 0 Å². The number of rotatable bonds is 2. The van der Waals surface area contributed by atoms with Gasteiger partial charge in [-0.15, -0.1) is 0 Å². The molecule has 0 aromatic carbocycles. The Balaban J connectivity index is 2.61. The van der Waals surface area contributed by atoms with Gasteiger partial charge in [-0.1, -0.05) is 0 Å². The Kier molecular flexibility index (Phi) is 4.15. The highest BCUT2D eigenvalue weighted by Crippen LogP contribution is 2.22. The number of nitrogens with two attached hydrogens (primary N) is 1. The second kappa shape index (κ2) is 5.01. The lowest BCUT2D eigenvalue weighted by molar-refractivity contribution is 0.0190. The summed E-state index contributed by atoms with van der Waals surface area (Å²) in [5, 5.41) is 9.02. The Bertz CT molecular complexity index is 250. The average Bonchev–Trinajstić information content (AvgIpc) is 2.62. The second-order valence-corrected chi connectivity index (χ2v) is 5.23. The zero-order valence-corrected chi connectivity index (χ0v) is 10.3. The molecule has 2 atom stereocenters. The third kappa shape index (κ3) is 3.35. The number of carbonyl (C=O) groups excluding carboxylic acids is 1. The molecule has 1 aliphatic rings. The van der Waals surface area contributed by atoms with E-state index in [0.29, 0.717) is 6.54 Å². The molecule has 3 N–H and O–H groups in total. The van der Waals surface area contributed by atoms with Crippen LogP contribution in [0.4, 0.5) is 4.79 Å². The molecule has 1 aliphatic heterocycles. The summed E-state index contributed by atoms with van der Waals surface area (Å²) in [6.07, 6.45) is 1.41.